The van der Waals surface area contributed by atoms with Gasteiger partial charge in [0.1, 0.15) is 23.7 Å². The van der Waals surface area contributed by atoms with Gasteiger partial charge in [-0.25, -0.2) is 23.5 Å². The SMILES string of the molecule is COC(=O)N[C@H](C(=O)N1CCC[C@H]1c1ncc(-c2ccc(-c3ccc(-c4cnc([C@@H]5C6CCC(C6)C5C(=O)N[C@@H](C(=O)NCC(F)F)C(C)C)[nH]4)cc3)cc2)[nH]1)C(C)C. The second kappa shape index (κ2) is 17.7. The molecule has 4 aromatic rings. The number of hydrogen-bond acceptors (Lipinski definition) is 7. The van der Waals surface area contributed by atoms with E-state index >= 15 is 0 Å². The molecule has 2 aromatic heterocycles. The lowest BCUT2D eigenvalue weighted by atomic mass is 9.78. The van der Waals surface area contributed by atoms with Gasteiger partial charge in [-0.1, -0.05) is 76.2 Å². The predicted molar refractivity (Wildman–Crippen MR) is 218 cm³/mol. The number of aromatic nitrogens is 4. The molecule has 2 aromatic carbocycles. The third-order valence-corrected chi connectivity index (χ3v) is 12.4. The number of likely N-dealkylation sites (tertiary alicyclic amines) is 1. The topological polar surface area (TPSA) is 174 Å². The number of carbonyl (C=O) groups is 4. The predicted octanol–water partition coefficient (Wildman–Crippen LogP) is 6.83. The number of nitrogens with zero attached hydrogens (tertiary/aromatic N) is 3. The molecule has 0 spiro atoms. The maximum absolute atomic E-state index is 13.8. The number of amides is 4. The molecule has 3 fully saturated rings. The smallest absolute Gasteiger partial charge is 0.407 e. The minimum Gasteiger partial charge on any atom is -0.453 e. The molecule has 59 heavy (non-hydrogen) atoms. The lowest BCUT2D eigenvalue weighted by Crippen LogP contribution is -2.53. The lowest BCUT2D eigenvalue weighted by Gasteiger charge is -2.31. The van der Waals surface area contributed by atoms with Crippen LogP contribution in [0.1, 0.15) is 83.4 Å². The number of imidazole rings is 2. The van der Waals surface area contributed by atoms with E-state index in [2.05, 4.69) is 55.2 Å². The molecule has 5 N–H and O–H groups in total. The highest BCUT2D eigenvalue weighted by molar-refractivity contribution is 5.89. The van der Waals surface area contributed by atoms with Crippen LogP contribution in [-0.2, 0) is 19.1 Å². The normalized spacial score (nSPS) is 22.2. The van der Waals surface area contributed by atoms with E-state index in [1.165, 1.54) is 7.11 Å². The molecule has 15 heteroatoms. The fraction of sp³-hybridized carbons (Fsp3) is 0.500. The summed E-state index contributed by atoms with van der Waals surface area (Å²) in [5.74, 6) is 0.0580. The van der Waals surface area contributed by atoms with Crippen molar-refractivity contribution in [1.29, 1.82) is 0 Å². The monoisotopic (exact) mass is 812 g/mol. The molecule has 0 radical (unpaired) electrons. The quantitative estimate of drug-likeness (QED) is 0.0928. The number of rotatable bonds is 14. The molecule has 7 rings (SSSR count). The van der Waals surface area contributed by atoms with Gasteiger partial charge in [-0.05, 0) is 78.0 Å². The average molecular weight is 813 g/mol. The first-order valence-electron chi connectivity index (χ1n) is 20.6. The third kappa shape index (κ3) is 8.88. The van der Waals surface area contributed by atoms with Gasteiger partial charge in [0, 0.05) is 12.5 Å². The van der Waals surface area contributed by atoms with Crippen LogP contribution in [0.3, 0.4) is 0 Å². The Kier molecular flexibility index (Phi) is 12.5. The Bertz CT molecular complexity index is 2120. The molecule has 3 unspecified atom stereocenters. The van der Waals surface area contributed by atoms with Gasteiger partial charge in [0.15, 0.2) is 0 Å². The second-order valence-electron chi connectivity index (χ2n) is 16.8. The zero-order chi connectivity index (χ0) is 42.0. The van der Waals surface area contributed by atoms with Gasteiger partial charge >= 0.3 is 6.09 Å². The fourth-order valence-corrected chi connectivity index (χ4v) is 9.32. The first-order chi connectivity index (χ1) is 28.3. The molecule has 2 saturated carbocycles. The van der Waals surface area contributed by atoms with Crippen molar-refractivity contribution in [1.82, 2.24) is 40.8 Å². The van der Waals surface area contributed by atoms with E-state index in [1.807, 2.05) is 38.1 Å². The number of nitrogens with one attached hydrogen (secondary N) is 5. The fourth-order valence-electron chi connectivity index (χ4n) is 9.32. The van der Waals surface area contributed by atoms with Crippen molar-refractivity contribution in [3.63, 3.8) is 0 Å². The van der Waals surface area contributed by atoms with Gasteiger partial charge in [0.05, 0.1) is 49.4 Å². The Morgan fingerprint density at radius 2 is 1.34 bits per heavy atom. The molecular formula is C44H54F2N8O5. The van der Waals surface area contributed by atoms with Crippen molar-refractivity contribution in [2.75, 3.05) is 20.2 Å². The van der Waals surface area contributed by atoms with Crippen LogP contribution in [0.4, 0.5) is 13.6 Å². The minimum atomic E-state index is -2.67. The summed E-state index contributed by atoms with van der Waals surface area (Å²) in [5.41, 5.74) is 5.66. The van der Waals surface area contributed by atoms with E-state index in [0.717, 1.165) is 71.6 Å². The second-order valence-corrected chi connectivity index (χ2v) is 16.8. The summed E-state index contributed by atoms with van der Waals surface area (Å²) in [7, 11) is 1.28. The highest BCUT2D eigenvalue weighted by Gasteiger charge is 2.53. The molecule has 13 nitrogen and oxygen atoms in total. The number of carbonyl (C=O) groups excluding carboxylic acids is 4. The number of ether oxygens (including phenoxy) is 1. The van der Waals surface area contributed by atoms with Gasteiger partial charge in [-0.2, -0.15) is 0 Å². The number of halogens is 2. The van der Waals surface area contributed by atoms with Crippen LogP contribution in [0.15, 0.2) is 60.9 Å². The van der Waals surface area contributed by atoms with Crippen LogP contribution in [-0.4, -0.2) is 87.4 Å². The van der Waals surface area contributed by atoms with Gasteiger partial charge in [0.2, 0.25) is 17.7 Å². The molecule has 7 atom stereocenters. The maximum atomic E-state index is 13.8. The van der Waals surface area contributed by atoms with Crippen molar-refractivity contribution in [3.05, 3.63) is 72.6 Å². The molecule has 4 amide bonds. The number of alkyl carbamates (subject to hydrolysis) is 1. The Balaban J connectivity index is 1.00. The van der Waals surface area contributed by atoms with Crippen molar-refractivity contribution < 1.29 is 32.7 Å². The van der Waals surface area contributed by atoms with E-state index in [0.29, 0.717) is 18.3 Å². The number of methoxy groups -OCH3 is 1. The summed E-state index contributed by atoms with van der Waals surface area (Å²) in [4.78, 5) is 70.2. The molecule has 2 bridgehead atoms. The van der Waals surface area contributed by atoms with Crippen LogP contribution in [0, 0.1) is 29.6 Å². The van der Waals surface area contributed by atoms with Crippen LogP contribution in [0.5, 0.6) is 0 Å². The Morgan fingerprint density at radius 3 is 1.92 bits per heavy atom. The van der Waals surface area contributed by atoms with Crippen LogP contribution < -0.4 is 16.0 Å². The van der Waals surface area contributed by atoms with E-state index in [4.69, 9.17) is 9.72 Å². The van der Waals surface area contributed by atoms with Gasteiger partial charge in [-0.15, -0.1) is 0 Å². The van der Waals surface area contributed by atoms with Crippen LogP contribution in [0.2, 0.25) is 0 Å². The summed E-state index contributed by atoms with van der Waals surface area (Å²) in [5, 5.41) is 7.85. The summed E-state index contributed by atoms with van der Waals surface area (Å²) >= 11 is 0. The highest BCUT2D eigenvalue weighted by Crippen LogP contribution is 2.56. The number of aromatic amines is 2. The molecule has 2 aliphatic carbocycles. The zero-order valence-electron chi connectivity index (χ0n) is 34.1. The summed E-state index contributed by atoms with van der Waals surface area (Å²) in [6.45, 7) is 7.19. The van der Waals surface area contributed by atoms with E-state index < -0.39 is 37.1 Å². The number of benzene rings is 2. The number of fused-ring (bicyclic) bond motifs is 2. The zero-order valence-corrected chi connectivity index (χ0v) is 34.1. The molecule has 1 saturated heterocycles. The van der Waals surface area contributed by atoms with Crippen LogP contribution in [0.25, 0.3) is 33.6 Å². The van der Waals surface area contributed by atoms with E-state index in [9.17, 15) is 28.0 Å². The van der Waals surface area contributed by atoms with E-state index in [1.54, 1.807) is 31.1 Å². The van der Waals surface area contributed by atoms with Gasteiger partial charge in [-0.3, -0.25) is 14.4 Å². The molecule has 3 aliphatic rings. The largest absolute Gasteiger partial charge is 0.453 e. The first kappa shape index (κ1) is 41.6. The summed E-state index contributed by atoms with van der Waals surface area (Å²) < 4.78 is 30.3. The minimum absolute atomic E-state index is 0.116. The number of hydrogen-bond donors (Lipinski definition) is 5. The number of alkyl halides is 2. The molecule has 1 aliphatic heterocycles. The van der Waals surface area contributed by atoms with Crippen molar-refractivity contribution in [2.24, 2.45) is 29.6 Å². The Morgan fingerprint density at radius 1 is 0.780 bits per heavy atom. The summed E-state index contributed by atoms with van der Waals surface area (Å²) in [6, 6.07) is 14.6. The van der Waals surface area contributed by atoms with Crippen molar-refractivity contribution in [2.45, 2.75) is 90.3 Å². The Labute approximate surface area is 342 Å². The third-order valence-electron chi connectivity index (χ3n) is 12.4. The van der Waals surface area contributed by atoms with Gasteiger partial charge in [0.25, 0.3) is 6.43 Å². The molecular weight excluding hydrogens is 759 g/mol. The average Bonchev–Trinajstić information content (AvgIpc) is 4.09. The highest BCUT2D eigenvalue weighted by atomic mass is 19.3. The van der Waals surface area contributed by atoms with Crippen LogP contribution >= 0.6 is 0 Å². The molecule has 314 valence electrons. The standard InChI is InChI=1S/C44H54F2N8O5/c1-23(2)37(42(56)49-22-34(45)46)52-41(55)36-30-17-16-29(19-30)35(36)40-48-21-32(51-40)28-14-10-26(11-15-28)25-8-12-27(13-9-25)31-20-47-39(50-31)33-7-6-18-54(33)43(57)38(24(3)4)53-44(58)59-5/h8-15,20-21,23-24,29-30,33-38H,6-7,16-19,22H2,1-5H3,(H,47,50)(H,48,51)(H,49,56)(H,52,55)(H,53,58)/t29?,30?,33-,35+,36?,37+,38-/m0/s1. The lowest BCUT2D eigenvalue weighted by molar-refractivity contribution is -0.135. The van der Waals surface area contributed by atoms with Gasteiger partial charge < -0.3 is 35.6 Å². The maximum Gasteiger partial charge on any atom is 0.407 e. The summed E-state index contributed by atoms with van der Waals surface area (Å²) in [6.07, 6.45) is 4.74. The molecule has 3 heterocycles. The van der Waals surface area contributed by atoms with Crippen molar-refractivity contribution in [3.8, 4) is 33.6 Å². The number of H-pyrrole nitrogens is 2. The Hall–Kier alpha value is -5.60. The first-order valence-corrected chi connectivity index (χ1v) is 20.6. The van der Waals surface area contributed by atoms with E-state index in [-0.39, 0.29) is 47.4 Å². The van der Waals surface area contributed by atoms with Crippen molar-refractivity contribution >= 4 is 23.8 Å².